The molecular weight excluding hydrogens is 360 g/mol. The number of aryl methyl sites for hydroxylation is 1. The molecule has 0 radical (unpaired) electrons. The van der Waals surface area contributed by atoms with Crippen LogP contribution in [0.15, 0.2) is 34.9 Å². The van der Waals surface area contributed by atoms with Crippen molar-refractivity contribution in [1.29, 1.82) is 0 Å². The SMILES string of the molecule is CC[C@@H](C)[C@@H](NC(=O)CCn1ccc2ccc(Br)cc21)C(=O)O. The summed E-state index contributed by atoms with van der Waals surface area (Å²) in [5.74, 6) is -1.32. The minimum atomic E-state index is -0.983. The lowest BCUT2D eigenvalue weighted by atomic mass is 9.99. The second-order valence-corrected chi connectivity index (χ2v) is 6.65. The van der Waals surface area contributed by atoms with Gasteiger partial charge in [-0.15, -0.1) is 0 Å². The number of amides is 1. The van der Waals surface area contributed by atoms with E-state index in [0.29, 0.717) is 13.0 Å². The lowest BCUT2D eigenvalue weighted by Crippen LogP contribution is -2.45. The normalized spacial score (nSPS) is 13.7. The number of hydrogen-bond donors (Lipinski definition) is 2. The van der Waals surface area contributed by atoms with Crippen molar-refractivity contribution in [2.24, 2.45) is 5.92 Å². The molecule has 23 heavy (non-hydrogen) atoms. The van der Waals surface area contributed by atoms with Crippen LogP contribution in [0.25, 0.3) is 10.9 Å². The zero-order valence-electron chi connectivity index (χ0n) is 13.3. The van der Waals surface area contributed by atoms with Gasteiger partial charge in [0.2, 0.25) is 5.91 Å². The summed E-state index contributed by atoms with van der Waals surface area (Å²) in [6, 6.07) is 7.16. The van der Waals surface area contributed by atoms with Crippen LogP contribution in [-0.2, 0) is 16.1 Å². The Labute approximate surface area is 143 Å². The molecule has 0 spiro atoms. The number of hydrogen-bond acceptors (Lipinski definition) is 2. The second kappa shape index (κ2) is 7.64. The van der Waals surface area contributed by atoms with Crippen molar-refractivity contribution in [3.63, 3.8) is 0 Å². The van der Waals surface area contributed by atoms with Gasteiger partial charge in [-0.3, -0.25) is 4.79 Å². The lowest BCUT2D eigenvalue weighted by molar-refractivity contribution is -0.143. The summed E-state index contributed by atoms with van der Waals surface area (Å²) in [4.78, 5) is 23.3. The molecule has 5 nitrogen and oxygen atoms in total. The topological polar surface area (TPSA) is 71.3 Å². The van der Waals surface area contributed by atoms with Crippen LogP contribution < -0.4 is 5.32 Å². The first-order chi connectivity index (χ1) is 10.9. The molecule has 0 aliphatic rings. The zero-order valence-corrected chi connectivity index (χ0v) is 14.8. The molecule has 2 N–H and O–H groups in total. The van der Waals surface area contributed by atoms with E-state index in [1.54, 1.807) is 0 Å². The number of aromatic nitrogens is 1. The molecule has 0 aliphatic carbocycles. The maximum Gasteiger partial charge on any atom is 0.326 e. The van der Waals surface area contributed by atoms with Gasteiger partial charge in [0.1, 0.15) is 6.04 Å². The van der Waals surface area contributed by atoms with Crippen LogP contribution in [0, 0.1) is 5.92 Å². The Morgan fingerprint density at radius 3 is 2.74 bits per heavy atom. The molecule has 1 aromatic carbocycles. The van der Waals surface area contributed by atoms with E-state index in [4.69, 9.17) is 0 Å². The van der Waals surface area contributed by atoms with Crippen LogP contribution in [0.2, 0.25) is 0 Å². The van der Waals surface area contributed by atoms with Gasteiger partial charge in [-0.05, 0) is 29.5 Å². The molecule has 0 fully saturated rings. The minimum Gasteiger partial charge on any atom is -0.480 e. The smallest absolute Gasteiger partial charge is 0.326 e. The summed E-state index contributed by atoms with van der Waals surface area (Å²) in [7, 11) is 0. The van der Waals surface area contributed by atoms with E-state index in [9.17, 15) is 14.7 Å². The second-order valence-electron chi connectivity index (χ2n) is 5.73. The van der Waals surface area contributed by atoms with Crippen molar-refractivity contribution in [3.05, 3.63) is 34.9 Å². The first-order valence-corrected chi connectivity index (χ1v) is 8.48. The summed E-state index contributed by atoms with van der Waals surface area (Å²) in [6.07, 6.45) is 2.89. The summed E-state index contributed by atoms with van der Waals surface area (Å²) < 4.78 is 2.98. The van der Waals surface area contributed by atoms with Crippen molar-refractivity contribution in [2.75, 3.05) is 0 Å². The van der Waals surface area contributed by atoms with Gasteiger partial charge in [-0.1, -0.05) is 42.3 Å². The molecule has 2 aromatic rings. The van der Waals surface area contributed by atoms with Crippen LogP contribution in [0.4, 0.5) is 0 Å². The Bertz CT molecular complexity index is 711. The van der Waals surface area contributed by atoms with Crippen LogP contribution in [0.3, 0.4) is 0 Å². The number of carbonyl (C=O) groups is 2. The Hall–Kier alpha value is -1.82. The molecule has 2 atom stereocenters. The molecule has 0 saturated carbocycles. The molecule has 1 aromatic heterocycles. The van der Waals surface area contributed by atoms with E-state index < -0.39 is 12.0 Å². The summed E-state index contributed by atoms with van der Waals surface area (Å²) in [5, 5.41) is 13.0. The number of aliphatic carboxylic acids is 1. The average molecular weight is 381 g/mol. The third kappa shape index (κ3) is 4.34. The molecule has 2 rings (SSSR count). The highest BCUT2D eigenvalue weighted by molar-refractivity contribution is 9.10. The average Bonchev–Trinajstić information content (AvgIpc) is 2.91. The Kier molecular flexibility index (Phi) is 5.82. The van der Waals surface area contributed by atoms with Crippen LogP contribution >= 0.6 is 15.9 Å². The molecule has 6 heteroatoms. The van der Waals surface area contributed by atoms with Crippen molar-refractivity contribution in [3.8, 4) is 0 Å². The van der Waals surface area contributed by atoms with E-state index in [0.717, 1.165) is 15.4 Å². The molecule has 124 valence electrons. The lowest BCUT2D eigenvalue weighted by Gasteiger charge is -2.20. The molecular formula is C17H21BrN2O3. The number of carbonyl (C=O) groups excluding carboxylic acids is 1. The highest BCUT2D eigenvalue weighted by Gasteiger charge is 2.25. The van der Waals surface area contributed by atoms with Gasteiger partial charge in [0, 0.05) is 29.2 Å². The third-order valence-electron chi connectivity index (χ3n) is 4.11. The summed E-state index contributed by atoms with van der Waals surface area (Å²) in [5.41, 5.74) is 1.05. The van der Waals surface area contributed by atoms with E-state index in [-0.39, 0.29) is 18.2 Å². The van der Waals surface area contributed by atoms with Gasteiger partial charge >= 0.3 is 5.97 Å². The number of nitrogens with zero attached hydrogens (tertiary/aromatic N) is 1. The van der Waals surface area contributed by atoms with Crippen molar-refractivity contribution in [1.82, 2.24) is 9.88 Å². The van der Waals surface area contributed by atoms with E-state index in [2.05, 4.69) is 21.2 Å². The fraction of sp³-hybridized carbons (Fsp3) is 0.412. The van der Waals surface area contributed by atoms with Gasteiger partial charge in [0.05, 0.1) is 0 Å². The van der Waals surface area contributed by atoms with E-state index in [1.807, 2.05) is 48.9 Å². The molecule has 0 unspecified atom stereocenters. The van der Waals surface area contributed by atoms with Crippen molar-refractivity contribution >= 4 is 38.7 Å². The molecule has 0 aliphatic heterocycles. The minimum absolute atomic E-state index is 0.0974. The largest absolute Gasteiger partial charge is 0.480 e. The van der Waals surface area contributed by atoms with Gasteiger partial charge < -0.3 is 15.0 Å². The first-order valence-electron chi connectivity index (χ1n) is 7.69. The number of benzene rings is 1. The number of halogens is 1. The summed E-state index contributed by atoms with van der Waals surface area (Å²) >= 11 is 3.45. The fourth-order valence-corrected chi connectivity index (χ4v) is 2.85. The number of carboxylic acid groups (broad SMARTS) is 1. The Morgan fingerprint density at radius 2 is 2.09 bits per heavy atom. The monoisotopic (exact) mass is 380 g/mol. The van der Waals surface area contributed by atoms with Crippen LogP contribution in [0.5, 0.6) is 0 Å². The maximum atomic E-state index is 12.1. The zero-order chi connectivity index (χ0) is 17.0. The standard InChI is InChI=1S/C17H21BrN2O3/c1-3-11(2)16(17(22)23)19-15(21)7-9-20-8-6-12-4-5-13(18)10-14(12)20/h4-6,8,10-11,16H,3,7,9H2,1-2H3,(H,19,21)(H,22,23)/t11-,16-/m1/s1. The third-order valence-corrected chi connectivity index (χ3v) is 4.60. The highest BCUT2D eigenvalue weighted by Crippen LogP contribution is 2.21. The number of fused-ring (bicyclic) bond motifs is 1. The maximum absolute atomic E-state index is 12.1. The Morgan fingerprint density at radius 1 is 1.35 bits per heavy atom. The number of carboxylic acids is 1. The van der Waals surface area contributed by atoms with Crippen molar-refractivity contribution < 1.29 is 14.7 Å². The number of nitrogens with one attached hydrogen (secondary N) is 1. The predicted molar refractivity (Wildman–Crippen MR) is 93.3 cm³/mol. The van der Waals surface area contributed by atoms with Gasteiger partial charge in [-0.2, -0.15) is 0 Å². The molecule has 1 heterocycles. The number of rotatable bonds is 7. The van der Waals surface area contributed by atoms with E-state index >= 15 is 0 Å². The quantitative estimate of drug-likeness (QED) is 0.772. The first kappa shape index (κ1) is 17.5. The van der Waals surface area contributed by atoms with Gasteiger partial charge in [-0.25, -0.2) is 4.79 Å². The predicted octanol–water partition coefficient (Wildman–Crippen LogP) is 3.41. The van der Waals surface area contributed by atoms with E-state index in [1.165, 1.54) is 0 Å². The summed E-state index contributed by atoms with van der Waals surface area (Å²) in [6.45, 7) is 4.26. The van der Waals surface area contributed by atoms with Gasteiger partial charge in [0.15, 0.2) is 0 Å². The highest BCUT2D eigenvalue weighted by atomic mass is 79.9. The molecule has 0 saturated heterocycles. The molecule has 1 amide bonds. The Balaban J connectivity index is 2.00. The van der Waals surface area contributed by atoms with Crippen LogP contribution in [-0.4, -0.2) is 27.6 Å². The van der Waals surface area contributed by atoms with Gasteiger partial charge in [0.25, 0.3) is 0 Å². The van der Waals surface area contributed by atoms with Crippen molar-refractivity contribution in [2.45, 2.75) is 39.3 Å². The van der Waals surface area contributed by atoms with Crippen LogP contribution in [0.1, 0.15) is 26.7 Å². The fourth-order valence-electron chi connectivity index (χ4n) is 2.50. The molecule has 0 bridgehead atoms.